The molecule has 2 unspecified atom stereocenters. The SMILES string of the molecule is CC.CC.CC.CCc1nc(-c2cccc(C(=O)Nc3ccc(C4CCC4)nc3)c2)no1.CCc1nc(CN2CCC(NC(=O)C3CC(F)(F)C3)CC2C)no1.CCc1nnc(-c2cccc(NC(=O)C(=O)N3CCc4ccccc4C3)c2)o1. The summed E-state index contributed by atoms with van der Waals surface area (Å²) in [6.07, 6.45) is 9.19. The summed E-state index contributed by atoms with van der Waals surface area (Å²) in [5.41, 5.74) is 6.59. The Kier molecular flexibility index (Phi) is 24.9. The fourth-order valence-electron chi connectivity index (χ4n) is 9.62. The van der Waals surface area contributed by atoms with Gasteiger partial charge in [-0.2, -0.15) is 9.97 Å². The van der Waals surface area contributed by atoms with Crippen LogP contribution in [0.3, 0.4) is 0 Å². The molecule has 3 N–H and O–H groups in total. The van der Waals surface area contributed by atoms with E-state index in [4.69, 9.17) is 13.5 Å². The first kappa shape index (κ1) is 65.1. The van der Waals surface area contributed by atoms with E-state index < -0.39 is 23.7 Å². The van der Waals surface area contributed by atoms with Crippen molar-refractivity contribution in [1.82, 2.24) is 50.6 Å². The summed E-state index contributed by atoms with van der Waals surface area (Å²) >= 11 is 0. The van der Waals surface area contributed by atoms with Crippen LogP contribution >= 0.6 is 0 Å². The van der Waals surface area contributed by atoms with Crippen molar-refractivity contribution in [1.29, 1.82) is 0 Å². The van der Waals surface area contributed by atoms with E-state index in [1.807, 2.05) is 111 Å². The minimum Gasteiger partial charge on any atom is -0.421 e. The third-order valence-electron chi connectivity index (χ3n) is 14.4. The number of aromatic nitrogens is 7. The van der Waals surface area contributed by atoms with E-state index in [0.29, 0.717) is 96.1 Å². The molecule has 2 saturated carbocycles. The second kappa shape index (κ2) is 32.1. The molecule has 6 heterocycles. The molecule has 84 heavy (non-hydrogen) atoms. The number of nitrogens with zero attached hydrogens (tertiary/aromatic N) is 9. The van der Waals surface area contributed by atoms with E-state index in [1.165, 1.54) is 24.8 Å². The molecule has 0 bridgehead atoms. The number of halogens is 2. The van der Waals surface area contributed by atoms with E-state index in [1.54, 1.807) is 41.4 Å². The lowest BCUT2D eigenvalue weighted by Crippen LogP contribution is -2.52. The molecule has 0 spiro atoms. The number of piperidine rings is 1. The topological polar surface area (TPSA) is 240 Å². The number of alkyl halides is 2. The average Bonchev–Trinajstić information content (AvgIpc) is 4.43. The number of anilines is 2. The van der Waals surface area contributed by atoms with Crippen LogP contribution in [0.5, 0.6) is 0 Å². The van der Waals surface area contributed by atoms with E-state index in [0.717, 1.165) is 49.0 Å². The van der Waals surface area contributed by atoms with Gasteiger partial charge in [0.1, 0.15) is 0 Å². The number of hydrogen-bond acceptors (Lipinski definition) is 15. The molecule has 7 aromatic rings. The number of benzene rings is 3. The number of aryl methyl sites for hydroxylation is 3. The van der Waals surface area contributed by atoms with Crippen molar-refractivity contribution >= 4 is 35.0 Å². The summed E-state index contributed by atoms with van der Waals surface area (Å²) in [6, 6.07) is 26.4. The standard InChI is InChI=1S/C21H20N4O3.C20H20N4O2.C16H24F2N4O2.3C2H6/c1-2-18-23-24-20(28-18)15-8-5-9-17(12-15)22-19(26)21(27)25-11-10-14-6-3-4-7-16(14)13-25;1-2-18-23-19(24-26-18)14-7-4-8-15(11-14)20(25)22-16-9-10-17(21-12-16)13-5-3-6-13;1-3-14-20-13(21-24-14)9-22-5-4-12(6-10(22)2)19-15(23)11-7-16(17,18)8-11;3*1-2/h3-9,12H,2,10-11,13H2,1H3,(H,22,26);4,7-13H,2-3,5-6H2,1H3,(H,22,25);10-12H,3-9H2,1-2H3,(H,19,23);3*1-2H3. The lowest BCUT2D eigenvalue weighted by Gasteiger charge is -2.39. The predicted molar refractivity (Wildman–Crippen MR) is 318 cm³/mol. The molecule has 2 aliphatic heterocycles. The smallest absolute Gasteiger partial charge is 0.313 e. The van der Waals surface area contributed by atoms with Gasteiger partial charge in [-0.05, 0) is 92.6 Å². The van der Waals surface area contributed by atoms with Gasteiger partial charge in [0, 0.05) is 104 Å². The number of amides is 4. The molecule has 11 rings (SSSR count). The molecule has 3 aromatic carbocycles. The Bertz CT molecular complexity index is 3190. The zero-order valence-electron chi connectivity index (χ0n) is 50.2. The number of carbonyl (C=O) groups excluding carboxylic acids is 4. The number of likely N-dealkylation sites (tertiary alicyclic amines) is 1. The van der Waals surface area contributed by atoms with Crippen LogP contribution in [0.1, 0.15) is 171 Å². The first-order chi connectivity index (χ1) is 40.7. The van der Waals surface area contributed by atoms with E-state index in [2.05, 4.69) is 69.3 Å². The summed E-state index contributed by atoms with van der Waals surface area (Å²) in [6.45, 7) is 22.4. The highest BCUT2D eigenvalue weighted by atomic mass is 19.3. The molecule has 3 fully saturated rings. The number of hydrogen-bond donors (Lipinski definition) is 3. The van der Waals surface area contributed by atoms with Gasteiger partial charge >= 0.3 is 11.8 Å². The van der Waals surface area contributed by atoms with Crippen molar-refractivity contribution < 1.29 is 41.4 Å². The number of rotatable bonds is 13. The fraction of sp³-hybridized carbons (Fsp3) is 0.476. The van der Waals surface area contributed by atoms with Crippen molar-refractivity contribution in [2.45, 2.75) is 177 Å². The lowest BCUT2D eigenvalue weighted by molar-refractivity contribution is -0.151. The third kappa shape index (κ3) is 18.0. The Hall–Kier alpha value is -8.07. The zero-order valence-corrected chi connectivity index (χ0v) is 50.2. The van der Waals surface area contributed by atoms with Crippen LogP contribution in [0, 0.1) is 5.92 Å². The Balaban J connectivity index is 0.000000194. The van der Waals surface area contributed by atoms with Gasteiger partial charge in [0.15, 0.2) is 5.82 Å². The molecule has 4 amide bonds. The van der Waals surface area contributed by atoms with Gasteiger partial charge in [-0.3, -0.25) is 29.1 Å². The highest BCUT2D eigenvalue weighted by Crippen LogP contribution is 2.42. The molecule has 4 aliphatic rings. The van der Waals surface area contributed by atoms with Gasteiger partial charge in [0.05, 0.1) is 18.4 Å². The van der Waals surface area contributed by atoms with Gasteiger partial charge < -0.3 is 34.3 Å². The summed E-state index contributed by atoms with van der Waals surface area (Å²) in [7, 11) is 0. The van der Waals surface area contributed by atoms with Crippen LogP contribution < -0.4 is 16.0 Å². The highest BCUT2D eigenvalue weighted by molar-refractivity contribution is 6.39. The van der Waals surface area contributed by atoms with Crippen molar-refractivity contribution in [2.75, 3.05) is 23.7 Å². The van der Waals surface area contributed by atoms with Gasteiger partial charge in [0.25, 0.3) is 5.91 Å². The largest absolute Gasteiger partial charge is 0.421 e. The quantitative estimate of drug-likeness (QED) is 0.0910. The van der Waals surface area contributed by atoms with E-state index in [-0.39, 0.29) is 36.7 Å². The maximum absolute atomic E-state index is 12.9. The monoisotopic (exact) mass is 1160 g/mol. The predicted octanol–water partition coefficient (Wildman–Crippen LogP) is 12.3. The maximum Gasteiger partial charge on any atom is 0.313 e. The van der Waals surface area contributed by atoms with Crippen LogP contribution in [0.4, 0.5) is 20.2 Å². The maximum atomic E-state index is 12.9. The number of carbonyl (C=O) groups is 4. The molecule has 4 aromatic heterocycles. The van der Waals surface area contributed by atoms with Gasteiger partial charge in [-0.15, -0.1) is 10.2 Å². The van der Waals surface area contributed by atoms with Crippen LogP contribution in [0.25, 0.3) is 22.8 Å². The lowest BCUT2D eigenvalue weighted by atomic mass is 9.80. The Morgan fingerprint density at radius 3 is 2.04 bits per heavy atom. The zero-order chi connectivity index (χ0) is 60.8. The molecule has 1 saturated heterocycles. The minimum absolute atomic E-state index is 0.0504. The molecule has 21 heteroatoms. The average molecular weight is 1160 g/mol. The molecule has 450 valence electrons. The minimum atomic E-state index is -2.65. The second-order valence-corrected chi connectivity index (χ2v) is 20.1. The summed E-state index contributed by atoms with van der Waals surface area (Å²) in [4.78, 5) is 66.5. The van der Waals surface area contributed by atoms with Gasteiger partial charge in [-0.1, -0.05) is 122 Å². The Labute approximate surface area is 491 Å². The van der Waals surface area contributed by atoms with Crippen LogP contribution in [-0.2, 0) is 53.2 Å². The molecule has 2 atom stereocenters. The van der Waals surface area contributed by atoms with Crippen LogP contribution in [-0.4, -0.2) is 100.0 Å². The van der Waals surface area contributed by atoms with Gasteiger partial charge in [0.2, 0.25) is 41.2 Å². The van der Waals surface area contributed by atoms with E-state index >= 15 is 0 Å². The summed E-state index contributed by atoms with van der Waals surface area (Å²) < 4.78 is 41.5. The van der Waals surface area contributed by atoms with Crippen molar-refractivity contribution in [2.24, 2.45) is 5.92 Å². The van der Waals surface area contributed by atoms with Crippen molar-refractivity contribution in [3.63, 3.8) is 0 Å². The third-order valence-corrected chi connectivity index (χ3v) is 14.4. The highest BCUT2D eigenvalue weighted by Gasteiger charge is 2.49. The Morgan fingerprint density at radius 1 is 0.714 bits per heavy atom. The number of pyridine rings is 1. The summed E-state index contributed by atoms with van der Waals surface area (Å²) in [5.74, 6) is -0.897. The van der Waals surface area contributed by atoms with Crippen molar-refractivity contribution in [3.05, 3.63) is 137 Å². The second-order valence-electron chi connectivity index (χ2n) is 20.1. The number of nitrogens with one attached hydrogen (secondary N) is 3. The number of fused-ring (bicyclic) bond motifs is 1. The molecule has 2 aliphatic carbocycles. The Morgan fingerprint density at radius 2 is 1.40 bits per heavy atom. The van der Waals surface area contributed by atoms with Crippen molar-refractivity contribution in [3.8, 4) is 22.8 Å². The normalized spacial score (nSPS) is 16.8. The first-order valence-corrected chi connectivity index (χ1v) is 29.8. The summed E-state index contributed by atoms with van der Waals surface area (Å²) in [5, 5.41) is 24.4. The molecular formula is C63H82F2N12O7. The molecular weight excluding hydrogens is 1070 g/mol. The first-order valence-electron chi connectivity index (χ1n) is 29.8. The fourth-order valence-corrected chi connectivity index (χ4v) is 9.62. The van der Waals surface area contributed by atoms with Gasteiger partial charge in [-0.25, -0.2) is 8.78 Å². The van der Waals surface area contributed by atoms with Crippen LogP contribution in [0.2, 0.25) is 0 Å². The molecule has 19 nitrogen and oxygen atoms in total. The van der Waals surface area contributed by atoms with Crippen LogP contribution in [0.15, 0.2) is 105 Å². The van der Waals surface area contributed by atoms with E-state index in [9.17, 15) is 28.0 Å². The molecule has 0 radical (unpaired) electrons.